The van der Waals surface area contributed by atoms with Crippen LogP contribution in [0.4, 0.5) is 21.7 Å². The van der Waals surface area contributed by atoms with Crippen LogP contribution < -0.4 is 21.3 Å². The molecule has 168 valence electrons. The smallest absolute Gasteiger partial charge is 0.252 e. The Kier molecular flexibility index (Phi) is 6.41. The molecule has 2 atom stereocenters. The Bertz CT molecular complexity index is 1080. The Hall–Kier alpha value is -3.39. The number of nitrogens with two attached hydrogens (primary N) is 1. The zero-order valence-electron chi connectivity index (χ0n) is 18.4. The van der Waals surface area contributed by atoms with E-state index in [1.807, 2.05) is 72.4 Å². The molecule has 0 spiro atoms. The van der Waals surface area contributed by atoms with Crippen LogP contribution in [-0.2, 0) is 0 Å². The van der Waals surface area contributed by atoms with E-state index in [9.17, 15) is 4.79 Å². The van der Waals surface area contributed by atoms with Gasteiger partial charge in [0.1, 0.15) is 5.82 Å². The van der Waals surface area contributed by atoms with E-state index in [1.54, 1.807) is 0 Å². The van der Waals surface area contributed by atoms with Gasteiger partial charge in [-0.25, -0.2) is 9.37 Å². The number of nitrogens with zero attached hydrogens (tertiary/aromatic N) is 3. The zero-order chi connectivity index (χ0) is 22.7. The molecule has 1 aliphatic carbocycles. The molecular weight excluding hydrogens is 407 g/mol. The van der Waals surface area contributed by atoms with Crippen molar-refractivity contribution in [2.24, 2.45) is 5.73 Å². The van der Waals surface area contributed by atoms with Gasteiger partial charge in [0.15, 0.2) is 11.6 Å². The quantitative estimate of drug-likeness (QED) is 0.524. The van der Waals surface area contributed by atoms with E-state index < -0.39 is 11.7 Å². The van der Waals surface area contributed by atoms with E-state index in [-0.39, 0.29) is 29.3 Å². The van der Waals surface area contributed by atoms with Crippen molar-refractivity contribution in [2.45, 2.75) is 37.8 Å². The molecule has 7 nitrogen and oxygen atoms in total. The minimum atomic E-state index is -0.736. The zero-order valence-corrected chi connectivity index (χ0v) is 18.4. The van der Waals surface area contributed by atoms with Crippen LogP contribution in [0.3, 0.4) is 0 Å². The van der Waals surface area contributed by atoms with Crippen molar-refractivity contribution in [3.05, 3.63) is 66.2 Å². The number of pyridine rings is 1. The molecule has 1 saturated carbocycles. The van der Waals surface area contributed by atoms with Crippen molar-refractivity contribution in [3.8, 4) is 5.69 Å². The van der Waals surface area contributed by atoms with Crippen LogP contribution in [-0.4, -0.2) is 41.6 Å². The number of carbonyl (C=O) groups is 1. The van der Waals surface area contributed by atoms with E-state index in [0.717, 1.165) is 37.1 Å². The van der Waals surface area contributed by atoms with Crippen molar-refractivity contribution >= 4 is 23.2 Å². The fraction of sp³-hybridized carbons (Fsp3) is 0.333. The number of aromatic nitrogens is 2. The molecule has 0 aliphatic heterocycles. The SMILES string of the molecule is CNC1CCCCC1N(C)c1nc(Nc2cccc(-n3cccc3)c2)c(C(N)=O)cc1F. The number of primary amides is 1. The number of likely N-dealkylation sites (N-methyl/N-ethyl adjacent to an activating group) is 2. The molecule has 1 amide bonds. The van der Waals surface area contributed by atoms with Gasteiger partial charge >= 0.3 is 0 Å². The first-order chi connectivity index (χ1) is 15.5. The maximum absolute atomic E-state index is 15.1. The highest BCUT2D eigenvalue weighted by molar-refractivity contribution is 5.98. The number of hydrogen-bond donors (Lipinski definition) is 3. The van der Waals surface area contributed by atoms with Gasteiger partial charge in [-0.2, -0.15) is 0 Å². The Morgan fingerprint density at radius 1 is 1.19 bits per heavy atom. The Morgan fingerprint density at radius 2 is 1.94 bits per heavy atom. The maximum atomic E-state index is 15.1. The Morgan fingerprint density at radius 3 is 2.66 bits per heavy atom. The summed E-state index contributed by atoms with van der Waals surface area (Å²) in [6.45, 7) is 0. The Labute approximate surface area is 187 Å². The average molecular weight is 437 g/mol. The highest BCUT2D eigenvalue weighted by Gasteiger charge is 2.30. The van der Waals surface area contributed by atoms with Crippen molar-refractivity contribution in [2.75, 3.05) is 24.3 Å². The van der Waals surface area contributed by atoms with Crippen LogP contribution in [0.25, 0.3) is 5.69 Å². The second-order valence-electron chi connectivity index (χ2n) is 8.18. The number of anilines is 3. The molecule has 2 heterocycles. The molecule has 0 bridgehead atoms. The molecule has 1 aliphatic rings. The number of rotatable bonds is 7. The molecule has 1 aromatic carbocycles. The van der Waals surface area contributed by atoms with Crippen LogP contribution in [0.15, 0.2) is 54.9 Å². The monoisotopic (exact) mass is 436 g/mol. The van der Waals surface area contributed by atoms with Gasteiger partial charge in [-0.05, 0) is 56.3 Å². The summed E-state index contributed by atoms with van der Waals surface area (Å²) in [7, 11) is 3.79. The third-order valence-electron chi connectivity index (χ3n) is 6.17. The van der Waals surface area contributed by atoms with Crippen LogP contribution in [0.2, 0.25) is 0 Å². The predicted molar refractivity (Wildman–Crippen MR) is 125 cm³/mol. The second kappa shape index (κ2) is 9.40. The summed E-state index contributed by atoms with van der Waals surface area (Å²) in [5.74, 6) is -0.859. The van der Waals surface area contributed by atoms with Crippen LogP contribution in [0.5, 0.6) is 0 Å². The molecule has 1 fully saturated rings. The molecular formula is C24H29FN6O. The maximum Gasteiger partial charge on any atom is 0.252 e. The Balaban J connectivity index is 1.69. The highest BCUT2D eigenvalue weighted by Crippen LogP contribution is 2.30. The van der Waals surface area contributed by atoms with E-state index >= 15 is 4.39 Å². The van der Waals surface area contributed by atoms with E-state index in [2.05, 4.69) is 15.6 Å². The number of hydrogen-bond acceptors (Lipinski definition) is 5. The summed E-state index contributed by atoms with van der Waals surface area (Å²) < 4.78 is 17.0. The summed E-state index contributed by atoms with van der Waals surface area (Å²) in [5, 5.41) is 6.52. The number of benzene rings is 1. The van der Waals surface area contributed by atoms with Gasteiger partial charge in [0.2, 0.25) is 0 Å². The second-order valence-corrected chi connectivity index (χ2v) is 8.18. The number of halogens is 1. The lowest BCUT2D eigenvalue weighted by atomic mass is 9.89. The topological polar surface area (TPSA) is 88.2 Å². The summed E-state index contributed by atoms with van der Waals surface area (Å²) in [4.78, 5) is 18.5. The third-order valence-corrected chi connectivity index (χ3v) is 6.17. The van der Waals surface area contributed by atoms with Crippen LogP contribution in [0, 0.1) is 5.82 Å². The fourth-order valence-electron chi connectivity index (χ4n) is 4.47. The molecule has 2 unspecified atom stereocenters. The lowest BCUT2D eigenvalue weighted by molar-refractivity contribution is 0.100. The molecule has 4 N–H and O–H groups in total. The number of carbonyl (C=O) groups excluding carboxylic acids is 1. The molecule has 32 heavy (non-hydrogen) atoms. The predicted octanol–water partition coefficient (Wildman–Crippen LogP) is 3.82. The highest BCUT2D eigenvalue weighted by atomic mass is 19.1. The molecule has 0 radical (unpaired) electrons. The van der Waals surface area contributed by atoms with Gasteiger partial charge in [0, 0.05) is 42.9 Å². The first-order valence-corrected chi connectivity index (χ1v) is 10.9. The number of amides is 1. The molecule has 0 saturated heterocycles. The normalized spacial score (nSPS) is 18.3. The van der Waals surface area contributed by atoms with E-state index in [4.69, 9.17) is 5.73 Å². The van der Waals surface area contributed by atoms with Crippen LogP contribution >= 0.6 is 0 Å². The number of nitrogens with one attached hydrogen (secondary N) is 2. The van der Waals surface area contributed by atoms with Gasteiger partial charge in [0.05, 0.1) is 5.56 Å². The third kappa shape index (κ3) is 4.45. The molecule has 8 heteroatoms. The lowest BCUT2D eigenvalue weighted by Crippen LogP contribution is -2.50. The van der Waals surface area contributed by atoms with Crippen molar-refractivity contribution < 1.29 is 9.18 Å². The largest absolute Gasteiger partial charge is 0.365 e. The first kappa shape index (κ1) is 21.8. The summed E-state index contributed by atoms with van der Waals surface area (Å²) in [5.41, 5.74) is 7.22. The molecule has 2 aromatic heterocycles. The lowest BCUT2D eigenvalue weighted by Gasteiger charge is -2.38. The minimum Gasteiger partial charge on any atom is -0.365 e. The van der Waals surface area contributed by atoms with Crippen molar-refractivity contribution in [1.82, 2.24) is 14.9 Å². The average Bonchev–Trinajstić information content (AvgIpc) is 3.34. The van der Waals surface area contributed by atoms with Gasteiger partial charge in [-0.1, -0.05) is 18.9 Å². The van der Waals surface area contributed by atoms with Gasteiger partial charge in [-0.15, -0.1) is 0 Å². The first-order valence-electron chi connectivity index (χ1n) is 10.9. The summed E-state index contributed by atoms with van der Waals surface area (Å²) in [6.07, 6.45) is 8.10. The van der Waals surface area contributed by atoms with E-state index in [1.165, 1.54) is 6.07 Å². The van der Waals surface area contributed by atoms with E-state index in [0.29, 0.717) is 0 Å². The van der Waals surface area contributed by atoms with Crippen molar-refractivity contribution in [3.63, 3.8) is 0 Å². The van der Waals surface area contributed by atoms with Gasteiger partial charge in [0.25, 0.3) is 5.91 Å². The standard InChI is InChI=1S/C24H29FN6O/c1-27-20-10-3-4-11-21(20)30(2)24-19(25)15-18(22(26)32)23(29-24)28-16-8-7-9-17(14-16)31-12-5-6-13-31/h5-9,12-15,20-21,27H,3-4,10-11H2,1-2H3,(H2,26,32)(H,28,29). The van der Waals surface area contributed by atoms with Crippen molar-refractivity contribution in [1.29, 1.82) is 0 Å². The van der Waals surface area contributed by atoms with Gasteiger partial charge < -0.3 is 25.8 Å². The fourth-order valence-corrected chi connectivity index (χ4v) is 4.47. The van der Waals surface area contributed by atoms with Gasteiger partial charge in [-0.3, -0.25) is 4.79 Å². The molecule has 4 rings (SSSR count). The molecule has 3 aromatic rings. The summed E-state index contributed by atoms with van der Waals surface area (Å²) in [6, 6.07) is 13.1. The summed E-state index contributed by atoms with van der Waals surface area (Å²) >= 11 is 0. The van der Waals surface area contributed by atoms with Crippen LogP contribution in [0.1, 0.15) is 36.0 Å². The minimum absolute atomic E-state index is 0.0137.